The van der Waals surface area contributed by atoms with Crippen molar-refractivity contribution in [3.05, 3.63) is 39.2 Å². The third kappa shape index (κ3) is 6.50. The van der Waals surface area contributed by atoms with Gasteiger partial charge in [-0.1, -0.05) is 28.6 Å². The molecule has 0 amide bonds. The molecule has 3 unspecified atom stereocenters. The van der Waals surface area contributed by atoms with Crippen molar-refractivity contribution in [3.8, 4) is 16.8 Å². The fourth-order valence-corrected chi connectivity index (χ4v) is 6.46. The zero-order valence-electron chi connectivity index (χ0n) is 20.1. The van der Waals surface area contributed by atoms with E-state index in [0.29, 0.717) is 25.2 Å². The summed E-state index contributed by atoms with van der Waals surface area (Å²) in [6.45, 7) is 2.32. The quantitative estimate of drug-likeness (QED) is 0.330. The minimum Gasteiger partial charge on any atom is -0.463 e. The maximum Gasteiger partial charge on any atom is 0.303 e. The molecule has 200 valence electrons. The molecule has 1 fully saturated rings. The fourth-order valence-electron chi connectivity index (χ4n) is 3.82. The van der Waals surface area contributed by atoms with E-state index in [-0.39, 0.29) is 12.3 Å². The number of aromatic nitrogens is 5. The minimum atomic E-state index is -0.973. The average Bonchev–Trinajstić information content (AvgIpc) is 3.52. The van der Waals surface area contributed by atoms with E-state index in [9.17, 15) is 14.9 Å². The molecule has 0 aromatic carbocycles. The van der Waals surface area contributed by atoms with E-state index in [2.05, 4.69) is 42.3 Å². The Balaban J connectivity index is 1.77. The van der Waals surface area contributed by atoms with E-state index < -0.39 is 41.7 Å². The summed E-state index contributed by atoms with van der Waals surface area (Å²) in [6.07, 6.45) is 0.518. The molecule has 4 rings (SSSR count). The van der Waals surface area contributed by atoms with Gasteiger partial charge in [0.1, 0.15) is 52.2 Å². The molecule has 16 heteroatoms. The summed E-state index contributed by atoms with van der Waals surface area (Å²) >= 11 is 11.8. The SMILES string of the molecule is COC1C(n2cc(-c3nc(Cl)cs3)nn2)[C@@H](OC(C)=O)C(COC(C)=O)O[C@@H]1Sc1cc(Br)cnc1C#N. The first-order chi connectivity index (χ1) is 18.2. The lowest BCUT2D eigenvalue weighted by atomic mass is 9.96. The topological polar surface area (TPSA) is 151 Å². The van der Waals surface area contributed by atoms with Crippen molar-refractivity contribution < 1.29 is 28.5 Å². The number of rotatable bonds is 8. The predicted molar refractivity (Wildman–Crippen MR) is 139 cm³/mol. The predicted octanol–water partition coefficient (Wildman–Crippen LogP) is 3.65. The molecule has 0 N–H and O–H groups in total. The molecule has 3 aromatic rings. The number of carbonyl (C=O) groups is 2. The second-order valence-electron chi connectivity index (χ2n) is 7.90. The largest absolute Gasteiger partial charge is 0.463 e. The summed E-state index contributed by atoms with van der Waals surface area (Å²) in [6, 6.07) is 3.04. The summed E-state index contributed by atoms with van der Waals surface area (Å²) in [7, 11) is 1.48. The van der Waals surface area contributed by atoms with Crippen molar-refractivity contribution in [2.75, 3.05) is 13.7 Å². The number of thioether (sulfide) groups is 1. The van der Waals surface area contributed by atoms with Crippen LogP contribution in [0.2, 0.25) is 5.15 Å². The van der Waals surface area contributed by atoms with Crippen LogP contribution in [0.3, 0.4) is 0 Å². The van der Waals surface area contributed by atoms with Gasteiger partial charge in [-0.2, -0.15) is 5.26 Å². The molecule has 38 heavy (non-hydrogen) atoms. The number of nitrogens with zero attached hydrogens (tertiary/aromatic N) is 6. The van der Waals surface area contributed by atoms with Crippen molar-refractivity contribution in [2.45, 2.75) is 48.5 Å². The van der Waals surface area contributed by atoms with Crippen molar-refractivity contribution >= 4 is 62.6 Å². The van der Waals surface area contributed by atoms with Crippen LogP contribution in [0.1, 0.15) is 25.6 Å². The van der Waals surface area contributed by atoms with Crippen LogP contribution in [0.5, 0.6) is 0 Å². The second-order valence-corrected chi connectivity index (χ2v) is 11.2. The van der Waals surface area contributed by atoms with Gasteiger partial charge < -0.3 is 18.9 Å². The lowest BCUT2D eigenvalue weighted by Crippen LogP contribution is -2.57. The van der Waals surface area contributed by atoms with Crippen LogP contribution >= 0.6 is 50.6 Å². The van der Waals surface area contributed by atoms with Crippen LogP contribution in [0.15, 0.2) is 33.2 Å². The highest BCUT2D eigenvalue weighted by molar-refractivity contribution is 9.10. The standard InChI is InChI=1S/C22H20BrClN6O6S2/c1-10(31)34-8-15-19(35-11(2)32)18(30-7-14(28-29-30)21-27-17(24)9-37-21)20(33-3)22(36-15)38-16-4-12(23)6-26-13(16)5-25/h4,6-7,9,15,18-20,22H,8H2,1-3H3/t15?,18?,19-,20?,22+/m0/s1. The summed E-state index contributed by atoms with van der Waals surface area (Å²) in [5.41, 5.74) is -0.119. The molecule has 12 nitrogen and oxygen atoms in total. The molecule has 0 saturated carbocycles. The summed E-state index contributed by atoms with van der Waals surface area (Å²) in [5.74, 6) is -1.11. The first kappa shape index (κ1) is 28.4. The van der Waals surface area contributed by atoms with Crippen molar-refractivity contribution in [3.63, 3.8) is 0 Å². The van der Waals surface area contributed by atoms with Crippen molar-refractivity contribution in [1.29, 1.82) is 5.26 Å². The molecule has 0 aliphatic carbocycles. The van der Waals surface area contributed by atoms with Gasteiger partial charge in [0.05, 0.1) is 6.20 Å². The minimum absolute atomic E-state index is 0.190. The Kier molecular flexibility index (Phi) is 9.34. The first-order valence-corrected chi connectivity index (χ1v) is 13.9. The normalized spacial score (nSPS) is 23.0. The van der Waals surface area contributed by atoms with E-state index in [1.54, 1.807) is 17.6 Å². The zero-order valence-corrected chi connectivity index (χ0v) is 24.1. The van der Waals surface area contributed by atoms with Crippen LogP contribution < -0.4 is 0 Å². The highest BCUT2D eigenvalue weighted by Crippen LogP contribution is 2.42. The van der Waals surface area contributed by atoms with Crippen LogP contribution in [-0.4, -0.2) is 74.4 Å². The van der Waals surface area contributed by atoms with Crippen LogP contribution in [0.25, 0.3) is 10.7 Å². The Bertz CT molecular complexity index is 1370. The second kappa shape index (κ2) is 12.5. The summed E-state index contributed by atoms with van der Waals surface area (Å²) < 4.78 is 25.2. The third-order valence-electron chi connectivity index (χ3n) is 5.32. The van der Waals surface area contributed by atoms with Gasteiger partial charge >= 0.3 is 11.9 Å². The van der Waals surface area contributed by atoms with Gasteiger partial charge in [0.15, 0.2) is 11.8 Å². The van der Waals surface area contributed by atoms with E-state index in [4.69, 9.17) is 30.5 Å². The maximum atomic E-state index is 12.1. The number of esters is 2. The Hall–Kier alpha value is -2.61. The highest BCUT2D eigenvalue weighted by Gasteiger charge is 2.50. The monoisotopic (exact) mass is 642 g/mol. The molecule has 0 radical (unpaired) electrons. The van der Waals surface area contributed by atoms with Crippen molar-refractivity contribution in [1.82, 2.24) is 25.0 Å². The summed E-state index contributed by atoms with van der Waals surface area (Å²) in [4.78, 5) is 32.7. The Morgan fingerprint density at radius 3 is 2.76 bits per heavy atom. The van der Waals surface area contributed by atoms with Gasteiger partial charge in [0.2, 0.25) is 0 Å². The lowest BCUT2D eigenvalue weighted by molar-refractivity contribution is -0.208. The molecule has 5 atom stereocenters. The van der Waals surface area contributed by atoms with Crippen LogP contribution in [0, 0.1) is 11.3 Å². The number of pyridine rings is 1. The number of hydrogen-bond donors (Lipinski definition) is 0. The van der Waals surface area contributed by atoms with Crippen LogP contribution in [-0.2, 0) is 28.5 Å². The first-order valence-electron chi connectivity index (χ1n) is 10.9. The number of ether oxygens (including phenoxy) is 4. The fraction of sp³-hybridized carbons (Fsp3) is 0.409. The van der Waals surface area contributed by atoms with Gasteiger partial charge in [-0.25, -0.2) is 14.6 Å². The van der Waals surface area contributed by atoms with E-state index >= 15 is 0 Å². The van der Waals surface area contributed by atoms with Gasteiger partial charge in [0.25, 0.3) is 0 Å². The molecule has 1 saturated heterocycles. The Morgan fingerprint density at radius 2 is 2.13 bits per heavy atom. The number of hydrogen-bond acceptors (Lipinski definition) is 13. The molecule has 0 bridgehead atoms. The van der Waals surface area contributed by atoms with Crippen LogP contribution in [0.4, 0.5) is 0 Å². The van der Waals surface area contributed by atoms with E-state index in [1.807, 2.05) is 0 Å². The van der Waals surface area contributed by atoms with E-state index in [0.717, 1.165) is 0 Å². The Labute approximate surface area is 238 Å². The van der Waals surface area contributed by atoms with E-state index in [1.165, 1.54) is 54.9 Å². The van der Waals surface area contributed by atoms with Gasteiger partial charge in [0, 0.05) is 41.9 Å². The number of halogens is 2. The number of nitriles is 1. The van der Waals surface area contributed by atoms with Gasteiger partial charge in [-0.3, -0.25) is 9.59 Å². The maximum absolute atomic E-state index is 12.1. The molecular weight excluding hydrogens is 624 g/mol. The molecule has 1 aliphatic rings. The van der Waals surface area contributed by atoms with Gasteiger partial charge in [-0.05, 0) is 22.0 Å². The third-order valence-corrected chi connectivity index (χ3v) is 8.12. The molecular formula is C22H20BrClN6O6S2. The van der Waals surface area contributed by atoms with Gasteiger partial charge in [-0.15, -0.1) is 16.4 Å². The molecule has 0 spiro atoms. The average molecular weight is 644 g/mol. The smallest absolute Gasteiger partial charge is 0.303 e. The summed E-state index contributed by atoms with van der Waals surface area (Å²) in [5, 5.41) is 20.6. The lowest BCUT2D eigenvalue weighted by Gasteiger charge is -2.44. The zero-order chi connectivity index (χ0) is 27.4. The highest BCUT2D eigenvalue weighted by atomic mass is 79.9. The Morgan fingerprint density at radius 1 is 1.34 bits per heavy atom. The van der Waals surface area contributed by atoms with Crippen molar-refractivity contribution in [2.24, 2.45) is 0 Å². The molecule has 4 heterocycles. The number of carbonyl (C=O) groups excluding carboxylic acids is 2. The number of methoxy groups -OCH3 is 1. The molecule has 3 aromatic heterocycles. The number of thiazole rings is 1. The molecule has 1 aliphatic heterocycles.